The van der Waals surface area contributed by atoms with Crippen molar-refractivity contribution in [3.8, 4) is 0 Å². The van der Waals surface area contributed by atoms with Gasteiger partial charge in [0.05, 0.1) is 38.3 Å². The van der Waals surface area contributed by atoms with Crippen LogP contribution in [-0.2, 0) is 27.9 Å². The summed E-state index contributed by atoms with van der Waals surface area (Å²) in [7, 11) is -3.86. The fourth-order valence-electron chi connectivity index (χ4n) is 3.29. The van der Waals surface area contributed by atoms with Crippen molar-refractivity contribution in [3.63, 3.8) is 0 Å². The van der Waals surface area contributed by atoms with Crippen molar-refractivity contribution in [2.75, 3.05) is 37.1 Å². The number of hydrogen-bond donors (Lipinski definition) is 3. The Bertz CT molecular complexity index is 1030. The summed E-state index contributed by atoms with van der Waals surface area (Å²) in [5.41, 5.74) is 6.74. The number of nitrogens with two attached hydrogens (primary N) is 1. The highest BCUT2D eigenvalue weighted by Gasteiger charge is 2.41. The number of carbonyl (C=O) groups excluding carboxylic acids is 2. The summed E-state index contributed by atoms with van der Waals surface area (Å²) < 4.78 is 32.1. The van der Waals surface area contributed by atoms with Gasteiger partial charge in [-0.25, -0.2) is 24.6 Å². The zero-order chi connectivity index (χ0) is 24.7. The van der Waals surface area contributed by atoms with Gasteiger partial charge in [-0.05, 0) is 0 Å². The van der Waals surface area contributed by atoms with Crippen LogP contribution in [0.2, 0.25) is 0 Å². The Morgan fingerprint density at radius 3 is 2.47 bits per heavy atom. The summed E-state index contributed by atoms with van der Waals surface area (Å²) in [4.78, 5) is 34.7. The number of carbonyl (C=O) groups is 2. The molecule has 3 rings (SSSR count). The van der Waals surface area contributed by atoms with Crippen LogP contribution in [0, 0.1) is 0 Å². The summed E-state index contributed by atoms with van der Waals surface area (Å²) in [5, 5.41) is 12.6. The maximum atomic E-state index is 13.4. The molecule has 1 saturated heterocycles. The zero-order valence-corrected chi connectivity index (χ0v) is 21.2. The topological polar surface area (TPSA) is 181 Å². The Balaban J connectivity index is 1.71. The first-order valence-corrected chi connectivity index (χ1v) is 13.9. The van der Waals surface area contributed by atoms with E-state index < -0.39 is 26.1 Å². The predicted octanol–water partition coefficient (Wildman–Crippen LogP) is 1.35. The normalized spacial score (nSPS) is 20.7. The van der Waals surface area contributed by atoms with Crippen molar-refractivity contribution in [1.82, 2.24) is 24.6 Å². The van der Waals surface area contributed by atoms with Gasteiger partial charge in [-0.2, -0.15) is 0 Å². The number of imidazole rings is 1. The monoisotopic (exact) mass is 534 g/mol. The number of ether oxygens (including phenoxy) is 1. The first-order chi connectivity index (χ1) is 16.2. The Hall–Kier alpha value is -1.58. The second-order valence-corrected chi connectivity index (χ2v) is 11.5. The summed E-state index contributed by atoms with van der Waals surface area (Å²) in [5.74, 6) is 0.817. The van der Waals surface area contributed by atoms with E-state index in [0.717, 1.165) is 23.5 Å². The zero-order valence-electron chi connectivity index (χ0n) is 18.7. The Kier molecular flexibility index (Phi) is 9.85. The average Bonchev–Trinajstić information content (AvgIpc) is 3.39. The second-order valence-electron chi connectivity index (χ2n) is 7.21. The maximum absolute atomic E-state index is 13.4. The fourth-order valence-corrected chi connectivity index (χ4v) is 6.01. The molecular weight excluding hydrogens is 507 g/mol. The molecular formula is C18H27N6O7PS2. The van der Waals surface area contributed by atoms with E-state index in [1.165, 1.54) is 26.5 Å². The summed E-state index contributed by atoms with van der Waals surface area (Å²) in [6, 6.07) is -0.599. The van der Waals surface area contributed by atoms with Crippen LogP contribution in [0.25, 0.3) is 11.2 Å². The Labute approximate surface area is 204 Å². The number of thioether (sulfide) groups is 2. The van der Waals surface area contributed by atoms with Gasteiger partial charge in [0, 0.05) is 31.8 Å². The number of fused-ring (bicyclic) bond motifs is 1. The van der Waals surface area contributed by atoms with Gasteiger partial charge in [-0.1, -0.05) is 23.5 Å². The quantitative estimate of drug-likeness (QED) is 0.262. The van der Waals surface area contributed by atoms with Gasteiger partial charge < -0.3 is 15.6 Å². The van der Waals surface area contributed by atoms with Crippen molar-refractivity contribution in [1.29, 1.82) is 0 Å². The first kappa shape index (κ1) is 27.0. The SMILES string of the molecule is CC(=O)SCCOP(=O)(NC1CC(n2cnc3c(N)ncnc32)OC1CO)OCCSC(C)=O. The summed E-state index contributed by atoms with van der Waals surface area (Å²) >= 11 is 2.08. The summed E-state index contributed by atoms with van der Waals surface area (Å²) in [6.07, 6.45) is 1.82. The molecule has 2 aromatic rings. The first-order valence-electron chi connectivity index (χ1n) is 10.4. The third-order valence-electron chi connectivity index (χ3n) is 4.74. The molecule has 34 heavy (non-hydrogen) atoms. The van der Waals surface area contributed by atoms with Crippen LogP contribution < -0.4 is 10.8 Å². The number of nitrogens with one attached hydrogen (secondary N) is 1. The van der Waals surface area contributed by atoms with E-state index in [2.05, 4.69) is 20.0 Å². The van der Waals surface area contributed by atoms with E-state index >= 15 is 0 Å². The molecule has 13 nitrogen and oxygen atoms in total. The molecule has 0 aliphatic carbocycles. The number of nitrogens with zero attached hydrogens (tertiary/aromatic N) is 4. The van der Waals surface area contributed by atoms with Crippen LogP contribution >= 0.6 is 31.3 Å². The van der Waals surface area contributed by atoms with E-state index in [9.17, 15) is 19.3 Å². The van der Waals surface area contributed by atoms with Crippen molar-refractivity contribution in [3.05, 3.63) is 12.7 Å². The fraction of sp³-hybridized carbons (Fsp3) is 0.611. The number of aliphatic hydroxyl groups is 1. The minimum atomic E-state index is -3.86. The van der Waals surface area contributed by atoms with E-state index in [0.29, 0.717) is 29.1 Å². The molecule has 188 valence electrons. The summed E-state index contributed by atoms with van der Waals surface area (Å²) in [6.45, 7) is 2.50. The molecule has 1 fully saturated rings. The maximum Gasteiger partial charge on any atom is 0.405 e. The smallest absolute Gasteiger partial charge is 0.394 e. The van der Waals surface area contributed by atoms with Gasteiger partial charge in [0.1, 0.15) is 18.1 Å². The van der Waals surface area contributed by atoms with E-state index in [1.807, 2.05) is 0 Å². The molecule has 4 N–H and O–H groups in total. The number of aliphatic hydroxyl groups excluding tert-OH is 1. The van der Waals surface area contributed by atoms with E-state index in [4.69, 9.17) is 19.5 Å². The third-order valence-corrected chi connectivity index (χ3v) is 7.98. The molecule has 0 aromatic carbocycles. The highest BCUT2D eigenvalue weighted by molar-refractivity contribution is 8.13. The molecule has 3 atom stereocenters. The van der Waals surface area contributed by atoms with Gasteiger partial charge in [-0.15, -0.1) is 0 Å². The number of nitrogen functional groups attached to an aromatic ring is 1. The van der Waals surface area contributed by atoms with Crippen LogP contribution in [0.5, 0.6) is 0 Å². The molecule has 3 unspecified atom stereocenters. The van der Waals surface area contributed by atoms with Gasteiger partial charge in [-0.3, -0.25) is 23.2 Å². The second kappa shape index (κ2) is 12.4. The van der Waals surface area contributed by atoms with Crippen molar-refractivity contribution in [2.45, 2.75) is 38.6 Å². The van der Waals surface area contributed by atoms with Crippen LogP contribution in [0.3, 0.4) is 0 Å². The lowest BCUT2D eigenvalue weighted by Gasteiger charge is -2.24. The van der Waals surface area contributed by atoms with Crippen molar-refractivity contribution >= 4 is 58.5 Å². The van der Waals surface area contributed by atoms with Crippen LogP contribution in [0.4, 0.5) is 5.82 Å². The lowest BCUT2D eigenvalue weighted by molar-refractivity contribution is -0.109. The van der Waals surface area contributed by atoms with E-state index in [-0.39, 0.29) is 35.9 Å². The van der Waals surface area contributed by atoms with Crippen LogP contribution in [0.15, 0.2) is 12.7 Å². The lowest BCUT2D eigenvalue weighted by Crippen LogP contribution is -2.37. The number of hydrogen-bond acceptors (Lipinski definition) is 13. The standard InChI is InChI=1S/C18H27N6O7PS2/c1-11(26)33-5-3-29-32(28,30-4-6-34-12(2)27)23-13-7-15(31-14(13)8-25)24-10-22-16-17(19)20-9-21-18(16)24/h9-10,13-15,25H,3-8H2,1-2H3,(H,23,28)(H2,19,20,21). The number of aromatic nitrogens is 4. The van der Waals surface area contributed by atoms with Crippen molar-refractivity contribution < 1.29 is 33.0 Å². The molecule has 0 bridgehead atoms. The minimum absolute atomic E-state index is 0.00245. The molecule has 2 aromatic heterocycles. The van der Waals surface area contributed by atoms with Crippen LogP contribution in [0.1, 0.15) is 26.5 Å². The molecule has 0 saturated carbocycles. The molecule has 16 heteroatoms. The minimum Gasteiger partial charge on any atom is -0.394 e. The highest BCUT2D eigenvalue weighted by atomic mass is 32.2. The lowest BCUT2D eigenvalue weighted by atomic mass is 10.1. The largest absolute Gasteiger partial charge is 0.405 e. The Morgan fingerprint density at radius 2 is 1.88 bits per heavy atom. The molecule has 1 aliphatic rings. The number of anilines is 1. The van der Waals surface area contributed by atoms with Gasteiger partial charge in [0.25, 0.3) is 0 Å². The molecule has 3 heterocycles. The third kappa shape index (κ3) is 7.21. The predicted molar refractivity (Wildman–Crippen MR) is 128 cm³/mol. The highest BCUT2D eigenvalue weighted by Crippen LogP contribution is 2.47. The molecule has 0 radical (unpaired) electrons. The van der Waals surface area contributed by atoms with Crippen LogP contribution in [-0.4, -0.2) is 78.3 Å². The average molecular weight is 535 g/mol. The molecule has 0 spiro atoms. The van der Waals surface area contributed by atoms with Gasteiger partial charge >= 0.3 is 7.75 Å². The number of rotatable bonds is 12. The molecule has 1 aliphatic heterocycles. The van der Waals surface area contributed by atoms with E-state index in [1.54, 1.807) is 4.57 Å². The van der Waals surface area contributed by atoms with Gasteiger partial charge in [0.15, 0.2) is 21.7 Å². The van der Waals surface area contributed by atoms with Gasteiger partial charge in [0.2, 0.25) is 0 Å². The molecule has 0 amide bonds. The van der Waals surface area contributed by atoms with Crippen molar-refractivity contribution in [2.24, 2.45) is 0 Å². The Morgan fingerprint density at radius 1 is 1.24 bits per heavy atom.